The summed E-state index contributed by atoms with van der Waals surface area (Å²) in [5, 5.41) is 2.47. The lowest BCUT2D eigenvalue weighted by Gasteiger charge is -2.19. The van der Waals surface area contributed by atoms with E-state index in [1.807, 2.05) is 30.3 Å². The number of nitrogens with one attached hydrogen (secondary N) is 1. The van der Waals surface area contributed by atoms with Crippen molar-refractivity contribution < 1.29 is 23.9 Å². The van der Waals surface area contributed by atoms with Crippen molar-refractivity contribution >= 4 is 17.8 Å². The van der Waals surface area contributed by atoms with Crippen molar-refractivity contribution in [1.82, 2.24) is 5.32 Å². The predicted octanol–water partition coefficient (Wildman–Crippen LogP) is 2.60. The Morgan fingerprint density at radius 1 is 1.09 bits per heavy atom. The molecule has 0 heterocycles. The molecule has 0 fully saturated rings. The van der Waals surface area contributed by atoms with Gasteiger partial charge in [-0.05, 0) is 26.3 Å². The third-order valence-corrected chi connectivity index (χ3v) is 2.65. The number of ketones is 1. The van der Waals surface area contributed by atoms with Gasteiger partial charge >= 0.3 is 12.1 Å². The third-order valence-electron chi connectivity index (χ3n) is 2.65. The van der Waals surface area contributed by atoms with Crippen molar-refractivity contribution in [1.29, 1.82) is 0 Å². The zero-order chi connectivity index (χ0) is 17.3. The number of hydrogen-bond acceptors (Lipinski definition) is 5. The molecule has 0 saturated heterocycles. The fourth-order valence-electron chi connectivity index (χ4n) is 1.71. The molecule has 0 aromatic heterocycles. The van der Waals surface area contributed by atoms with Gasteiger partial charge in [-0.3, -0.25) is 9.59 Å². The molecule has 0 bridgehead atoms. The van der Waals surface area contributed by atoms with Crippen LogP contribution in [0.5, 0.6) is 0 Å². The molecule has 0 unspecified atom stereocenters. The Morgan fingerprint density at radius 2 is 1.74 bits per heavy atom. The molecule has 0 saturated carbocycles. The van der Waals surface area contributed by atoms with Crippen LogP contribution in [0.25, 0.3) is 0 Å². The van der Waals surface area contributed by atoms with E-state index in [-0.39, 0.29) is 31.8 Å². The van der Waals surface area contributed by atoms with Gasteiger partial charge in [0, 0.05) is 13.0 Å². The van der Waals surface area contributed by atoms with Crippen molar-refractivity contribution in [2.45, 2.75) is 45.8 Å². The van der Waals surface area contributed by atoms with E-state index in [0.717, 1.165) is 5.56 Å². The number of amides is 1. The van der Waals surface area contributed by atoms with Crippen molar-refractivity contribution in [3.63, 3.8) is 0 Å². The first-order valence-corrected chi connectivity index (χ1v) is 7.44. The van der Waals surface area contributed by atoms with Crippen LogP contribution in [0.4, 0.5) is 4.79 Å². The first kappa shape index (κ1) is 18.7. The SMILES string of the molecule is CC(C)(C)OC(=O)CC(=O)CCNC(=O)OCc1ccccc1. The minimum absolute atomic E-state index is 0.0552. The first-order chi connectivity index (χ1) is 10.8. The predicted molar refractivity (Wildman–Crippen MR) is 84.7 cm³/mol. The summed E-state index contributed by atoms with van der Waals surface area (Å²) in [5.74, 6) is -0.850. The monoisotopic (exact) mass is 321 g/mol. The van der Waals surface area contributed by atoms with E-state index >= 15 is 0 Å². The Balaban J connectivity index is 2.17. The molecule has 23 heavy (non-hydrogen) atoms. The Hall–Kier alpha value is -2.37. The van der Waals surface area contributed by atoms with Crippen LogP contribution >= 0.6 is 0 Å². The average molecular weight is 321 g/mol. The van der Waals surface area contributed by atoms with Crippen LogP contribution in [0, 0.1) is 0 Å². The molecule has 6 nitrogen and oxygen atoms in total. The summed E-state index contributed by atoms with van der Waals surface area (Å²) in [6.07, 6.45) is -0.837. The molecule has 6 heteroatoms. The molecule has 1 aromatic carbocycles. The molecule has 126 valence electrons. The second-order valence-electron chi connectivity index (χ2n) is 6.04. The summed E-state index contributed by atoms with van der Waals surface area (Å²) < 4.78 is 10.1. The molecule has 0 aliphatic heterocycles. The van der Waals surface area contributed by atoms with E-state index < -0.39 is 17.7 Å². The number of Topliss-reactive ketones (excluding diaryl/α,β-unsaturated/α-hetero) is 1. The third kappa shape index (κ3) is 9.29. The van der Waals surface area contributed by atoms with Crippen LogP contribution in [0.3, 0.4) is 0 Å². The van der Waals surface area contributed by atoms with Gasteiger partial charge in [0.1, 0.15) is 24.4 Å². The lowest BCUT2D eigenvalue weighted by Crippen LogP contribution is -2.28. The summed E-state index contributed by atoms with van der Waals surface area (Å²) in [7, 11) is 0. The minimum atomic E-state index is -0.614. The highest BCUT2D eigenvalue weighted by Crippen LogP contribution is 2.08. The van der Waals surface area contributed by atoms with Crippen molar-refractivity contribution in [3.8, 4) is 0 Å². The standard InChI is InChI=1S/C17H23NO5/c1-17(2,3)23-15(20)11-14(19)9-10-18-16(21)22-12-13-7-5-4-6-8-13/h4-8H,9-12H2,1-3H3,(H,18,21). The Kier molecular flexibility index (Phi) is 7.25. The highest BCUT2D eigenvalue weighted by molar-refractivity contribution is 5.95. The number of carbonyl (C=O) groups is 3. The van der Waals surface area contributed by atoms with E-state index in [0.29, 0.717) is 0 Å². The largest absolute Gasteiger partial charge is 0.460 e. The molecule has 0 spiro atoms. The maximum atomic E-state index is 11.6. The quantitative estimate of drug-likeness (QED) is 0.616. The van der Waals surface area contributed by atoms with Gasteiger partial charge in [-0.1, -0.05) is 30.3 Å². The molecule has 0 aliphatic rings. The smallest absolute Gasteiger partial charge is 0.407 e. The summed E-state index contributed by atoms with van der Waals surface area (Å²) >= 11 is 0. The summed E-state index contributed by atoms with van der Waals surface area (Å²) in [5.41, 5.74) is 0.264. The van der Waals surface area contributed by atoms with Crippen LogP contribution in [-0.2, 0) is 25.7 Å². The van der Waals surface area contributed by atoms with E-state index in [1.165, 1.54) is 0 Å². The van der Waals surface area contributed by atoms with Crippen LogP contribution in [0.15, 0.2) is 30.3 Å². The van der Waals surface area contributed by atoms with Gasteiger partial charge in [0.15, 0.2) is 0 Å². The Bertz CT molecular complexity index is 534. The molecule has 1 aromatic rings. The molecular formula is C17H23NO5. The summed E-state index contributed by atoms with van der Waals surface area (Å²) in [4.78, 5) is 34.5. The molecule has 1 amide bonds. The molecule has 0 radical (unpaired) electrons. The molecule has 0 atom stereocenters. The van der Waals surface area contributed by atoms with Crippen molar-refractivity contribution in [3.05, 3.63) is 35.9 Å². The van der Waals surface area contributed by atoms with Gasteiger partial charge in [0.2, 0.25) is 0 Å². The van der Waals surface area contributed by atoms with E-state index in [9.17, 15) is 14.4 Å². The van der Waals surface area contributed by atoms with Gasteiger partial charge in [0.25, 0.3) is 0 Å². The first-order valence-electron chi connectivity index (χ1n) is 7.44. The van der Waals surface area contributed by atoms with Crippen LogP contribution < -0.4 is 5.32 Å². The number of rotatable bonds is 7. The van der Waals surface area contributed by atoms with Crippen LogP contribution in [0.2, 0.25) is 0 Å². The van der Waals surface area contributed by atoms with Crippen LogP contribution in [-0.4, -0.2) is 30.0 Å². The fourth-order valence-corrected chi connectivity index (χ4v) is 1.71. The molecule has 1 rings (SSSR count). The lowest BCUT2D eigenvalue weighted by molar-refractivity contribution is -0.156. The Morgan fingerprint density at radius 3 is 2.35 bits per heavy atom. The fraction of sp³-hybridized carbons (Fsp3) is 0.471. The van der Waals surface area contributed by atoms with E-state index in [1.54, 1.807) is 20.8 Å². The average Bonchev–Trinajstić information content (AvgIpc) is 2.44. The topological polar surface area (TPSA) is 81.7 Å². The number of alkyl carbamates (subject to hydrolysis) is 1. The lowest BCUT2D eigenvalue weighted by atomic mass is 10.2. The second kappa shape index (κ2) is 8.92. The van der Waals surface area contributed by atoms with Gasteiger partial charge in [-0.15, -0.1) is 0 Å². The molecular weight excluding hydrogens is 298 g/mol. The van der Waals surface area contributed by atoms with Crippen LogP contribution in [0.1, 0.15) is 39.2 Å². The molecule has 1 N–H and O–H groups in total. The number of benzene rings is 1. The van der Waals surface area contributed by atoms with Crippen molar-refractivity contribution in [2.24, 2.45) is 0 Å². The minimum Gasteiger partial charge on any atom is -0.460 e. The maximum absolute atomic E-state index is 11.6. The van der Waals surface area contributed by atoms with Gasteiger partial charge in [-0.25, -0.2) is 4.79 Å². The number of ether oxygens (including phenoxy) is 2. The Labute approximate surface area is 136 Å². The van der Waals surface area contributed by atoms with Gasteiger partial charge in [-0.2, -0.15) is 0 Å². The highest BCUT2D eigenvalue weighted by atomic mass is 16.6. The highest BCUT2D eigenvalue weighted by Gasteiger charge is 2.18. The van der Waals surface area contributed by atoms with Crippen molar-refractivity contribution in [2.75, 3.05) is 6.54 Å². The van der Waals surface area contributed by atoms with Gasteiger partial charge in [0.05, 0.1) is 0 Å². The van der Waals surface area contributed by atoms with E-state index in [4.69, 9.17) is 9.47 Å². The van der Waals surface area contributed by atoms with E-state index in [2.05, 4.69) is 5.32 Å². The van der Waals surface area contributed by atoms with Gasteiger partial charge < -0.3 is 14.8 Å². The normalized spacial score (nSPS) is 10.7. The zero-order valence-corrected chi connectivity index (χ0v) is 13.8. The number of hydrogen-bond donors (Lipinski definition) is 1. The summed E-state index contributed by atoms with van der Waals surface area (Å²) in [6.45, 7) is 5.49. The maximum Gasteiger partial charge on any atom is 0.407 e. The number of carbonyl (C=O) groups excluding carboxylic acids is 3. The number of esters is 1. The second-order valence-corrected chi connectivity index (χ2v) is 6.04. The molecule has 0 aliphatic carbocycles. The zero-order valence-electron chi connectivity index (χ0n) is 13.8. The summed E-state index contributed by atoms with van der Waals surface area (Å²) in [6, 6.07) is 9.27.